The number of hydrogen-bond donors (Lipinski definition) is 2. The van der Waals surface area contributed by atoms with Crippen LogP contribution in [0.4, 0.5) is 5.69 Å². The van der Waals surface area contributed by atoms with Crippen LogP contribution >= 0.6 is 11.8 Å². The molecule has 3 rings (SSSR count). The SMILES string of the molecule is CCC(=O)NCCN1C(=O)C(C)Sc2cc(C)c(C(=O)N(C(C)C)[C@@H]3CCCNC3)cc21. The van der Waals surface area contributed by atoms with Crippen LogP contribution < -0.4 is 15.5 Å². The number of nitrogens with zero attached hydrogens (tertiary/aromatic N) is 2. The monoisotopic (exact) mass is 460 g/mol. The van der Waals surface area contributed by atoms with Gasteiger partial charge < -0.3 is 20.4 Å². The van der Waals surface area contributed by atoms with Crippen molar-refractivity contribution in [2.45, 2.75) is 76.1 Å². The van der Waals surface area contributed by atoms with Gasteiger partial charge in [0.15, 0.2) is 0 Å². The summed E-state index contributed by atoms with van der Waals surface area (Å²) in [6.45, 7) is 12.4. The Hall–Kier alpha value is -2.06. The maximum Gasteiger partial charge on any atom is 0.254 e. The quantitative estimate of drug-likeness (QED) is 0.654. The van der Waals surface area contributed by atoms with Crippen molar-refractivity contribution in [2.24, 2.45) is 0 Å². The summed E-state index contributed by atoms with van der Waals surface area (Å²) in [5, 5.41) is 6.06. The lowest BCUT2D eigenvalue weighted by Crippen LogP contribution is -2.51. The molecule has 2 N–H and O–H groups in total. The first-order valence-electron chi connectivity index (χ1n) is 11.7. The molecule has 1 unspecified atom stereocenters. The molecule has 3 amide bonds. The molecule has 32 heavy (non-hydrogen) atoms. The molecule has 2 heterocycles. The van der Waals surface area contributed by atoms with Crippen molar-refractivity contribution in [3.8, 4) is 0 Å². The molecule has 0 spiro atoms. The fourth-order valence-corrected chi connectivity index (χ4v) is 5.62. The molecule has 2 atom stereocenters. The smallest absolute Gasteiger partial charge is 0.254 e. The topological polar surface area (TPSA) is 81.8 Å². The number of benzene rings is 1. The van der Waals surface area contributed by atoms with Crippen LogP contribution in [-0.4, -0.2) is 66.1 Å². The number of rotatable bonds is 7. The standard InChI is InChI=1S/C24H36N4O3S/c1-6-22(29)26-10-11-27-20-13-19(16(4)12-21(20)32-17(5)23(27)30)24(31)28(15(2)3)18-8-7-9-25-14-18/h12-13,15,17-18,25H,6-11,14H2,1-5H3,(H,26,29)/t17?,18-/m1/s1. The van der Waals surface area contributed by atoms with E-state index in [4.69, 9.17) is 0 Å². The summed E-state index contributed by atoms with van der Waals surface area (Å²) in [6.07, 6.45) is 2.47. The summed E-state index contributed by atoms with van der Waals surface area (Å²) in [6, 6.07) is 4.17. The maximum atomic E-state index is 13.7. The number of thioether (sulfide) groups is 1. The lowest BCUT2D eigenvalue weighted by atomic mass is 10.00. The van der Waals surface area contributed by atoms with E-state index in [1.54, 1.807) is 11.8 Å². The van der Waals surface area contributed by atoms with Crippen molar-refractivity contribution in [1.29, 1.82) is 0 Å². The zero-order chi connectivity index (χ0) is 23.4. The van der Waals surface area contributed by atoms with Gasteiger partial charge in [-0.15, -0.1) is 11.8 Å². The van der Waals surface area contributed by atoms with Crippen molar-refractivity contribution >= 4 is 35.2 Å². The molecule has 0 aliphatic carbocycles. The average molecular weight is 461 g/mol. The van der Waals surface area contributed by atoms with Gasteiger partial charge in [0, 0.05) is 48.6 Å². The Balaban J connectivity index is 1.92. The van der Waals surface area contributed by atoms with E-state index in [1.807, 2.05) is 30.9 Å². The van der Waals surface area contributed by atoms with Crippen LogP contribution in [0.2, 0.25) is 0 Å². The molecule has 0 bridgehead atoms. The fourth-order valence-electron chi connectivity index (χ4n) is 4.48. The number of aryl methyl sites for hydroxylation is 1. The largest absolute Gasteiger partial charge is 0.354 e. The van der Waals surface area contributed by atoms with E-state index in [0.29, 0.717) is 25.1 Å². The van der Waals surface area contributed by atoms with E-state index in [1.165, 1.54) is 11.8 Å². The molecule has 1 aromatic rings. The van der Waals surface area contributed by atoms with E-state index < -0.39 is 0 Å². The summed E-state index contributed by atoms with van der Waals surface area (Å²) < 4.78 is 0. The first-order chi connectivity index (χ1) is 15.2. The Morgan fingerprint density at radius 1 is 1.34 bits per heavy atom. The number of nitrogens with one attached hydrogen (secondary N) is 2. The van der Waals surface area contributed by atoms with Gasteiger partial charge in [0.05, 0.1) is 10.9 Å². The molecule has 176 valence electrons. The first-order valence-corrected chi connectivity index (χ1v) is 12.5. The summed E-state index contributed by atoms with van der Waals surface area (Å²) in [5.41, 5.74) is 2.34. The van der Waals surface area contributed by atoms with Crippen LogP contribution in [0.3, 0.4) is 0 Å². The third-order valence-corrected chi connectivity index (χ3v) is 7.31. The van der Waals surface area contributed by atoms with Gasteiger partial charge in [0.25, 0.3) is 5.91 Å². The van der Waals surface area contributed by atoms with E-state index >= 15 is 0 Å². The van der Waals surface area contributed by atoms with Crippen LogP contribution in [0.1, 0.15) is 62.9 Å². The van der Waals surface area contributed by atoms with Crippen molar-refractivity contribution in [3.63, 3.8) is 0 Å². The van der Waals surface area contributed by atoms with Gasteiger partial charge in [-0.1, -0.05) is 6.92 Å². The maximum absolute atomic E-state index is 13.7. The fraction of sp³-hybridized carbons (Fsp3) is 0.625. The highest BCUT2D eigenvalue weighted by atomic mass is 32.2. The number of hydrogen-bond acceptors (Lipinski definition) is 5. The van der Waals surface area contributed by atoms with Gasteiger partial charge in [-0.3, -0.25) is 14.4 Å². The van der Waals surface area contributed by atoms with Crippen LogP contribution in [-0.2, 0) is 9.59 Å². The summed E-state index contributed by atoms with van der Waals surface area (Å²) in [4.78, 5) is 43.1. The van der Waals surface area contributed by atoms with Crippen LogP contribution in [0.5, 0.6) is 0 Å². The lowest BCUT2D eigenvalue weighted by molar-refractivity contribution is -0.121. The minimum atomic E-state index is -0.203. The lowest BCUT2D eigenvalue weighted by Gasteiger charge is -2.38. The highest BCUT2D eigenvalue weighted by Crippen LogP contribution is 2.41. The number of carbonyl (C=O) groups excluding carboxylic acids is 3. The van der Waals surface area contributed by atoms with E-state index in [0.717, 1.165) is 42.1 Å². The average Bonchev–Trinajstić information content (AvgIpc) is 2.76. The molecule has 0 saturated carbocycles. The first kappa shape index (κ1) is 24.6. The van der Waals surface area contributed by atoms with Crippen molar-refractivity contribution in [1.82, 2.24) is 15.5 Å². The summed E-state index contributed by atoms with van der Waals surface area (Å²) in [7, 11) is 0. The van der Waals surface area contributed by atoms with E-state index in [2.05, 4.69) is 24.5 Å². The predicted octanol–water partition coefficient (Wildman–Crippen LogP) is 2.95. The molecule has 2 aliphatic rings. The summed E-state index contributed by atoms with van der Waals surface area (Å²) in [5.74, 6) is -0.0115. The molecule has 1 fully saturated rings. The Morgan fingerprint density at radius 2 is 2.09 bits per heavy atom. The second-order valence-corrected chi connectivity index (χ2v) is 10.3. The van der Waals surface area contributed by atoms with Gasteiger partial charge >= 0.3 is 0 Å². The Bertz CT molecular complexity index is 867. The number of amides is 3. The Labute approximate surface area is 195 Å². The van der Waals surface area contributed by atoms with Crippen LogP contribution in [0.25, 0.3) is 0 Å². The number of piperidine rings is 1. The number of fused-ring (bicyclic) bond motifs is 1. The van der Waals surface area contributed by atoms with Gasteiger partial charge in [-0.05, 0) is 64.8 Å². The molecule has 2 aliphatic heterocycles. The van der Waals surface area contributed by atoms with Crippen molar-refractivity contribution in [3.05, 3.63) is 23.3 Å². The number of anilines is 1. The Morgan fingerprint density at radius 3 is 2.72 bits per heavy atom. The third-order valence-electron chi connectivity index (χ3n) is 6.18. The molecule has 0 radical (unpaired) electrons. The van der Waals surface area contributed by atoms with Gasteiger partial charge in [0.1, 0.15) is 0 Å². The van der Waals surface area contributed by atoms with Gasteiger partial charge in [0.2, 0.25) is 11.8 Å². The minimum absolute atomic E-state index is 0.00713. The van der Waals surface area contributed by atoms with Crippen LogP contribution in [0.15, 0.2) is 17.0 Å². The van der Waals surface area contributed by atoms with Gasteiger partial charge in [-0.2, -0.15) is 0 Å². The molecule has 7 nitrogen and oxygen atoms in total. The molecular weight excluding hydrogens is 424 g/mol. The third kappa shape index (κ3) is 5.29. The molecular formula is C24H36N4O3S. The highest BCUT2D eigenvalue weighted by Gasteiger charge is 2.34. The second kappa shape index (κ2) is 10.7. The molecule has 1 saturated heterocycles. The highest BCUT2D eigenvalue weighted by molar-refractivity contribution is 8.01. The normalized spacial score (nSPS) is 20.8. The molecule has 1 aromatic carbocycles. The zero-order valence-corrected chi connectivity index (χ0v) is 20.7. The molecule has 0 aromatic heterocycles. The van der Waals surface area contributed by atoms with E-state index in [-0.39, 0.29) is 35.1 Å². The van der Waals surface area contributed by atoms with Gasteiger partial charge in [-0.25, -0.2) is 0 Å². The van der Waals surface area contributed by atoms with Crippen LogP contribution in [0, 0.1) is 6.92 Å². The Kier molecular flexibility index (Phi) is 8.22. The predicted molar refractivity (Wildman–Crippen MR) is 129 cm³/mol. The zero-order valence-electron chi connectivity index (χ0n) is 19.9. The summed E-state index contributed by atoms with van der Waals surface area (Å²) >= 11 is 1.53. The molecule has 8 heteroatoms. The number of carbonyl (C=O) groups is 3. The van der Waals surface area contributed by atoms with Crippen molar-refractivity contribution < 1.29 is 14.4 Å². The minimum Gasteiger partial charge on any atom is -0.354 e. The van der Waals surface area contributed by atoms with E-state index in [9.17, 15) is 14.4 Å². The second-order valence-electron chi connectivity index (χ2n) is 8.89. The van der Waals surface area contributed by atoms with Crippen molar-refractivity contribution in [2.75, 3.05) is 31.1 Å².